The van der Waals surface area contributed by atoms with Crippen LogP contribution in [0.15, 0.2) is 42.0 Å². The number of carboxylic acid groups (broad SMARTS) is 1. The molecule has 2 N–H and O–H groups in total. The van der Waals surface area contributed by atoms with Crippen molar-refractivity contribution >= 4 is 70.1 Å². The summed E-state index contributed by atoms with van der Waals surface area (Å²) < 4.78 is 10.8. The van der Waals surface area contributed by atoms with Crippen molar-refractivity contribution < 1.29 is 29.0 Å². The standard InChI is InChI=1S/C21H16Cl2N2O6S/c1-10(20(28)29)31-17-11(5-3-8-15(17)30-2)9-12-18(26)24-21(32)25(19(12)27)14-7-4-6-13(22)16(14)23/h3-10H,1-2H3,(H,28,29)(H,24,26,32)/b12-9+/t10-/m0/s1. The lowest BCUT2D eigenvalue weighted by molar-refractivity contribution is -0.144. The van der Waals surface area contributed by atoms with Crippen LogP contribution in [0.5, 0.6) is 11.5 Å². The molecule has 1 aliphatic rings. The largest absolute Gasteiger partial charge is 0.493 e. The second-order valence-corrected chi connectivity index (χ2v) is 7.68. The van der Waals surface area contributed by atoms with Crippen LogP contribution in [-0.2, 0) is 14.4 Å². The van der Waals surface area contributed by atoms with E-state index in [4.69, 9.17) is 44.9 Å². The van der Waals surface area contributed by atoms with E-state index < -0.39 is 23.9 Å². The number of para-hydroxylation sites is 1. The second-order valence-electron chi connectivity index (χ2n) is 6.51. The average molecular weight is 495 g/mol. The van der Waals surface area contributed by atoms with E-state index in [1.807, 2.05) is 0 Å². The molecule has 1 heterocycles. The molecule has 1 atom stereocenters. The van der Waals surface area contributed by atoms with E-state index >= 15 is 0 Å². The first-order chi connectivity index (χ1) is 15.1. The summed E-state index contributed by atoms with van der Waals surface area (Å²) in [4.78, 5) is 38.2. The SMILES string of the molecule is COc1cccc(/C=C2\C(=O)NC(=S)N(c3cccc(Cl)c3Cl)C2=O)c1O[C@@H](C)C(=O)O. The number of benzene rings is 2. The fourth-order valence-electron chi connectivity index (χ4n) is 2.86. The number of amides is 2. The number of rotatable bonds is 6. The lowest BCUT2D eigenvalue weighted by atomic mass is 10.1. The molecule has 166 valence electrons. The smallest absolute Gasteiger partial charge is 0.344 e. The molecule has 3 rings (SSSR count). The van der Waals surface area contributed by atoms with Crippen LogP contribution in [0, 0.1) is 0 Å². The summed E-state index contributed by atoms with van der Waals surface area (Å²) in [5.41, 5.74) is 0.165. The molecular weight excluding hydrogens is 479 g/mol. The molecule has 0 aliphatic carbocycles. The molecule has 2 aromatic rings. The number of ether oxygens (including phenoxy) is 2. The Labute approximate surface area is 198 Å². The Morgan fingerprint density at radius 3 is 2.56 bits per heavy atom. The van der Waals surface area contributed by atoms with Crippen molar-refractivity contribution in [3.63, 3.8) is 0 Å². The third-order valence-corrected chi connectivity index (χ3v) is 5.54. The Bertz CT molecular complexity index is 1170. The number of hydrogen-bond donors (Lipinski definition) is 2. The lowest BCUT2D eigenvalue weighted by Gasteiger charge is -2.29. The van der Waals surface area contributed by atoms with E-state index in [-0.39, 0.29) is 43.5 Å². The normalized spacial score (nSPS) is 16.1. The van der Waals surface area contributed by atoms with Crippen LogP contribution in [0.4, 0.5) is 5.69 Å². The number of thiocarbonyl (C=S) groups is 1. The van der Waals surface area contributed by atoms with Gasteiger partial charge < -0.3 is 14.6 Å². The molecule has 2 amide bonds. The molecule has 32 heavy (non-hydrogen) atoms. The molecule has 1 saturated heterocycles. The molecule has 0 aromatic heterocycles. The van der Waals surface area contributed by atoms with Crippen molar-refractivity contribution in [1.82, 2.24) is 5.32 Å². The average Bonchev–Trinajstić information content (AvgIpc) is 2.74. The molecule has 0 radical (unpaired) electrons. The lowest BCUT2D eigenvalue weighted by Crippen LogP contribution is -2.54. The topological polar surface area (TPSA) is 105 Å². The number of carbonyl (C=O) groups excluding carboxylic acids is 2. The van der Waals surface area contributed by atoms with Gasteiger partial charge in [0.05, 0.1) is 22.8 Å². The molecule has 1 aliphatic heterocycles. The monoisotopic (exact) mass is 494 g/mol. The van der Waals surface area contributed by atoms with E-state index in [1.54, 1.807) is 30.3 Å². The number of nitrogens with zero attached hydrogens (tertiary/aromatic N) is 1. The van der Waals surface area contributed by atoms with Crippen molar-refractivity contribution in [3.8, 4) is 11.5 Å². The van der Waals surface area contributed by atoms with Gasteiger partial charge in [-0.2, -0.15) is 0 Å². The number of anilines is 1. The number of halogens is 2. The molecule has 0 saturated carbocycles. The van der Waals surface area contributed by atoms with Gasteiger partial charge in [0.2, 0.25) is 0 Å². The van der Waals surface area contributed by atoms with Gasteiger partial charge in [0.15, 0.2) is 22.7 Å². The first kappa shape index (κ1) is 23.5. The highest BCUT2D eigenvalue weighted by atomic mass is 35.5. The van der Waals surface area contributed by atoms with Gasteiger partial charge >= 0.3 is 5.97 Å². The Hall–Kier alpha value is -3.14. The van der Waals surface area contributed by atoms with Crippen molar-refractivity contribution in [3.05, 3.63) is 57.6 Å². The summed E-state index contributed by atoms with van der Waals surface area (Å²) in [6.07, 6.45) is 0.0470. The fraction of sp³-hybridized carbons (Fsp3) is 0.143. The van der Waals surface area contributed by atoms with Crippen molar-refractivity contribution in [1.29, 1.82) is 0 Å². The molecule has 0 bridgehead atoms. The third-order valence-electron chi connectivity index (χ3n) is 4.45. The highest BCUT2D eigenvalue weighted by molar-refractivity contribution is 7.80. The van der Waals surface area contributed by atoms with Crippen LogP contribution >= 0.6 is 35.4 Å². The maximum absolute atomic E-state index is 13.3. The maximum atomic E-state index is 13.3. The highest BCUT2D eigenvalue weighted by Gasteiger charge is 2.36. The summed E-state index contributed by atoms with van der Waals surface area (Å²) in [5.74, 6) is -2.41. The fourth-order valence-corrected chi connectivity index (χ4v) is 3.51. The Balaban J connectivity index is 2.10. The number of carboxylic acids is 1. The molecule has 0 unspecified atom stereocenters. The molecule has 8 nitrogen and oxygen atoms in total. The number of methoxy groups -OCH3 is 1. The predicted octanol–water partition coefficient (Wildman–Crippen LogP) is 3.69. The zero-order valence-electron chi connectivity index (χ0n) is 16.7. The van der Waals surface area contributed by atoms with Crippen molar-refractivity contribution in [2.45, 2.75) is 13.0 Å². The van der Waals surface area contributed by atoms with Crippen molar-refractivity contribution in [2.75, 3.05) is 12.0 Å². The van der Waals surface area contributed by atoms with Gasteiger partial charge in [0.1, 0.15) is 5.57 Å². The summed E-state index contributed by atoms with van der Waals surface area (Å²) in [6, 6.07) is 9.36. The molecule has 11 heteroatoms. The summed E-state index contributed by atoms with van der Waals surface area (Å²) in [7, 11) is 1.38. The van der Waals surface area contributed by atoms with E-state index in [9.17, 15) is 19.5 Å². The summed E-state index contributed by atoms with van der Waals surface area (Å²) in [5, 5.41) is 11.8. The van der Waals surface area contributed by atoms with E-state index in [1.165, 1.54) is 26.2 Å². The first-order valence-electron chi connectivity index (χ1n) is 9.07. The van der Waals surface area contributed by atoms with Gasteiger partial charge in [-0.3, -0.25) is 19.8 Å². The van der Waals surface area contributed by atoms with Crippen LogP contribution in [0.25, 0.3) is 6.08 Å². The Morgan fingerprint density at radius 2 is 1.91 bits per heavy atom. The van der Waals surface area contributed by atoms with E-state index in [0.717, 1.165) is 4.90 Å². The minimum atomic E-state index is -1.21. The minimum absolute atomic E-state index is 0.0542. The minimum Gasteiger partial charge on any atom is -0.493 e. The predicted molar refractivity (Wildman–Crippen MR) is 123 cm³/mol. The van der Waals surface area contributed by atoms with Gasteiger partial charge in [0.25, 0.3) is 11.8 Å². The Morgan fingerprint density at radius 1 is 1.22 bits per heavy atom. The highest BCUT2D eigenvalue weighted by Crippen LogP contribution is 2.36. The molecule has 2 aromatic carbocycles. The zero-order valence-corrected chi connectivity index (χ0v) is 19.0. The quantitative estimate of drug-likeness (QED) is 0.358. The van der Waals surface area contributed by atoms with E-state index in [2.05, 4.69) is 5.32 Å². The zero-order chi connectivity index (χ0) is 23.6. The van der Waals surface area contributed by atoms with Crippen molar-refractivity contribution in [2.24, 2.45) is 0 Å². The van der Waals surface area contributed by atoms with Gasteiger partial charge in [-0.1, -0.05) is 41.4 Å². The van der Waals surface area contributed by atoms with Crippen LogP contribution in [0.2, 0.25) is 10.0 Å². The third kappa shape index (κ3) is 4.55. The number of nitrogens with one attached hydrogen (secondary N) is 1. The maximum Gasteiger partial charge on any atom is 0.344 e. The summed E-state index contributed by atoms with van der Waals surface area (Å²) >= 11 is 17.5. The van der Waals surface area contributed by atoms with Gasteiger partial charge in [-0.25, -0.2) is 4.79 Å². The number of carbonyl (C=O) groups is 3. The van der Waals surface area contributed by atoms with Gasteiger partial charge in [-0.15, -0.1) is 0 Å². The second kappa shape index (κ2) is 9.56. The van der Waals surface area contributed by atoms with Crippen LogP contribution < -0.4 is 19.7 Å². The summed E-state index contributed by atoms with van der Waals surface area (Å²) in [6.45, 7) is 1.34. The van der Waals surface area contributed by atoms with Crippen LogP contribution in [0.1, 0.15) is 12.5 Å². The first-order valence-corrected chi connectivity index (χ1v) is 10.2. The molecular formula is C21H16Cl2N2O6S. The number of aliphatic carboxylic acids is 1. The van der Waals surface area contributed by atoms with Gasteiger partial charge in [-0.05, 0) is 43.4 Å². The molecule has 1 fully saturated rings. The van der Waals surface area contributed by atoms with E-state index in [0.29, 0.717) is 0 Å². The van der Waals surface area contributed by atoms with Gasteiger partial charge in [0, 0.05) is 5.56 Å². The molecule has 0 spiro atoms. The Kier molecular flexibility index (Phi) is 7.02. The number of hydrogen-bond acceptors (Lipinski definition) is 6. The van der Waals surface area contributed by atoms with Crippen LogP contribution in [-0.4, -0.2) is 41.2 Å². The van der Waals surface area contributed by atoms with Crippen LogP contribution in [0.3, 0.4) is 0 Å².